The van der Waals surface area contributed by atoms with E-state index in [-0.39, 0.29) is 55.6 Å². The maximum atomic E-state index is 14.0. The van der Waals surface area contributed by atoms with E-state index >= 15 is 0 Å². The van der Waals surface area contributed by atoms with Gasteiger partial charge in [0.2, 0.25) is 11.8 Å². The number of hydrogen-bond acceptors (Lipinski definition) is 12. The lowest BCUT2D eigenvalue weighted by Crippen LogP contribution is -2.48. The van der Waals surface area contributed by atoms with Crippen LogP contribution in [-0.2, 0) is 19.1 Å². The highest BCUT2D eigenvalue weighted by atomic mass is 35.5. The van der Waals surface area contributed by atoms with Crippen molar-refractivity contribution < 1.29 is 38.2 Å². The Labute approximate surface area is 292 Å². The third kappa shape index (κ3) is 10.1. The fourth-order valence-corrected chi connectivity index (χ4v) is 6.39. The number of amides is 2. The average Bonchev–Trinajstić information content (AvgIpc) is 3.79. The van der Waals surface area contributed by atoms with Crippen molar-refractivity contribution in [2.24, 2.45) is 5.92 Å². The molecule has 1 saturated heterocycles. The van der Waals surface area contributed by atoms with Crippen LogP contribution in [0.2, 0.25) is 0 Å². The molecule has 3 N–H and O–H groups in total. The fourth-order valence-electron chi connectivity index (χ4n) is 5.58. The zero-order valence-corrected chi connectivity index (χ0v) is 30.0. The predicted molar refractivity (Wildman–Crippen MR) is 184 cm³/mol. The molecule has 0 aliphatic carbocycles. The molecule has 0 spiro atoms. The molecule has 13 nitrogen and oxygen atoms in total. The summed E-state index contributed by atoms with van der Waals surface area (Å²) < 4.78 is 27.8. The number of carbonyl (C=O) groups excluding carboxylic acids is 2. The van der Waals surface area contributed by atoms with Crippen LogP contribution in [0.4, 0.5) is 0 Å². The normalized spacial score (nSPS) is 17.2. The van der Waals surface area contributed by atoms with E-state index in [1.807, 2.05) is 52.9 Å². The number of aromatic nitrogens is 2. The second kappa shape index (κ2) is 19.1. The third-order valence-electron chi connectivity index (χ3n) is 8.02. The number of carbonyl (C=O) groups is 2. The lowest BCUT2D eigenvalue weighted by molar-refractivity contribution is -0.141. The molecule has 1 aliphatic heterocycles. The summed E-state index contributed by atoms with van der Waals surface area (Å²) in [5.41, 5.74) is 4.52. The standard InChI is InChI=1S/C33H47N5O8S.ClH/c1-20(2)30(28-17-29(37-46-28)45-14-13-44-12-11-43-10-9-34-5)33(41)38-18-24(39)16-26(38)32(40)36-21(3)25-8-7-23(15-27(25)42-6)31-22(4)35-19-47-31;/h7-8,15,17,19-21,24,26,30,34,39H,9-14,16,18H2,1-6H3,(H,36,40);1H/t21-,24+,26-,30+;/m0./s1. The molecule has 1 aliphatic rings. The molecular formula is C33H48ClN5O8S. The van der Waals surface area contributed by atoms with E-state index in [0.717, 1.165) is 28.2 Å². The van der Waals surface area contributed by atoms with Crippen molar-refractivity contribution in [3.63, 3.8) is 0 Å². The molecule has 0 bridgehead atoms. The summed E-state index contributed by atoms with van der Waals surface area (Å²) in [4.78, 5) is 34.4. The maximum Gasteiger partial charge on any atom is 0.254 e. The number of rotatable bonds is 18. The molecule has 3 aromatic rings. The first-order chi connectivity index (χ1) is 22.6. The van der Waals surface area contributed by atoms with Crippen LogP contribution in [0.25, 0.3) is 10.4 Å². The van der Waals surface area contributed by atoms with Crippen LogP contribution in [0, 0.1) is 12.8 Å². The van der Waals surface area contributed by atoms with E-state index in [1.54, 1.807) is 30.0 Å². The number of nitrogens with zero attached hydrogens (tertiary/aromatic N) is 3. The van der Waals surface area contributed by atoms with Gasteiger partial charge in [0.25, 0.3) is 5.88 Å². The quantitative estimate of drug-likeness (QED) is 0.165. The molecule has 1 aromatic carbocycles. The molecule has 3 heterocycles. The molecule has 2 aromatic heterocycles. The van der Waals surface area contributed by atoms with Gasteiger partial charge >= 0.3 is 0 Å². The Bertz CT molecular complexity index is 1450. The number of aryl methyl sites for hydroxylation is 1. The summed E-state index contributed by atoms with van der Waals surface area (Å²) >= 11 is 1.55. The Morgan fingerprint density at radius 2 is 1.85 bits per heavy atom. The number of nitrogens with one attached hydrogen (secondary N) is 2. The molecule has 0 radical (unpaired) electrons. The highest BCUT2D eigenvalue weighted by Gasteiger charge is 2.43. The summed E-state index contributed by atoms with van der Waals surface area (Å²) in [5, 5.41) is 20.6. The van der Waals surface area contributed by atoms with Crippen LogP contribution < -0.4 is 20.1 Å². The van der Waals surface area contributed by atoms with Crippen LogP contribution in [-0.4, -0.2) is 104 Å². The monoisotopic (exact) mass is 709 g/mol. The number of halogens is 1. The molecule has 1 fully saturated rings. The van der Waals surface area contributed by atoms with E-state index in [9.17, 15) is 14.7 Å². The van der Waals surface area contributed by atoms with Crippen LogP contribution in [0.15, 0.2) is 34.3 Å². The largest absolute Gasteiger partial charge is 0.496 e. The van der Waals surface area contributed by atoms with Crippen molar-refractivity contribution in [2.75, 3.05) is 60.3 Å². The van der Waals surface area contributed by atoms with Gasteiger partial charge in [0.05, 0.1) is 61.8 Å². The Balaban J connectivity index is 0.00000625. The number of methoxy groups -OCH3 is 1. The molecule has 15 heteroatoms. The van der Waals surface area contributed by atoms with Crippen molar-refractivity contribution in [3.8, 4) is 22.1 Å². The molecular weight excluding hydrogens is 662 g/mol. The molecule has 0 unspecified atom stereocenters. The first-order valence-electron chi connectivity index (χ1n) is 15.9. The van der Waals surface area contributed by atoms with E-state index in [2.05, 4.69) is 20.8 Å². The van der Waals surface area contributed by atoms with Crippen molar-refractivity contribution in [3.05, 3.63) is 46.8 Å². The van der Waals surface area contributed by atoms with Crippen molar-refractivity contribution in [1.29, 1.82) is 0 Å². The van der Waals surface area contributed by atoms with E-state index in [1.165, 1.54) is 4.90 Å². The Morgan fingerprint density at radius 3 is 2.52 bits per heavy atom. The van der Waals surface area contributed by atoms with Crippen molar-refractivity contribution in [1.82, 2.24) is 25.7 Å². The molecule has 4 atom stereocenters. The second-order valence-electron chi connectivity index (χ2n) is 11.8. The van der Waals surface area contributed by atoms with Crippen LogP contribution >= 0.6 is 23.7 Å². The van der Waals surface area contributed by atoms with Gasteiger partial charge in [-0.05, 0) is 43.6 Å². The SMILES string of the molecule is CNCCOCCOCCOc1cc([C@H](C(=O)N2C[C@H](O)C[C@H]2C(=O)N[C@@H](C)c2ccc(-c3scnc3C)cc2OC)C(C)C)on1.Cl. The number of thiazole rings is 1. The highest BCUT2D eigenvalue weighted by Crippen LogP contribution is 2.35. The summed E-state index contributed by atoms with van der Waals surface area (Å²) in [6.07, 6.45) is -0.710. The van der Waals surface area contributed by atoms with Gasteiger partial charge in [0.15, 0.2) is 5.76 Å². The fraction of sp³-hybridized carbons (Fsp3) is 0.576. The number of benzene rings is 1. The van der Waals surface area contributed by atoms with Crippen LogP contribution in [0.5, 0.6) is 11.6 Å². The van der Waals surface area contributed by atoms with Gasteiger partial charge in [-0.3, -0.25) is 9.59 Å². The Morgan fingerprint density at radius 1 is 1.12 bits per heavy atom. The van der Waals surface area contributed by atoms with Gasteiger partial charge < -0.3 is 44.1 Å². The number of β-amino-alcohol motifs (C(OH)–C–C–N with tert-alkyl or cyclic N) is 1. The highest BCUT2D eigenvalue weighted by molar-refractivity contribution is 7.13. The molecule has 266 valence electrons. The summed E-state index contributed by atoms with van der Waals surface area (Å²) in [6, 6.07) is 6.16. The van der Waals surface area contributed by atoms with Gasteiger partial charge in [-0.1, -0.05) is 26.0 Å². The minimum absolute atomic E-state index is 0. The molecule has 48 heavy (non-hydrogen) atoms. The third-order valence-corrected chi connectivity index (χ3v) is 9.00. The minimum atomic E-state index is -0.857. The van der Waals surface area contributed by atoms with Gasteiger partial charge in [-0.25, -0.2) is 4.98 Å². The number of likely N-dealkylation sites (N-methyl/N-ethyl adjacent to an activating group) is 1. The van der Waals surface area contributed by atoms with Gasteiger partial charge in [0, 0.05) is 31.1 Å². The average molecular weight is 710 g/mol. The lowest BCUT2D eigenvalue weighted by Gasteiger charge is -2.29. The molecule has 2 amide bonds. The van der Waals surface area contributed by atoms with E-state index < -0.39 is 24.1 Å². The Hall–Kier alpha value is -3.27. The molecule has 4 rings (SSSR count). The number of hydrogen-bond donors (Lipinski definition) is 3. The van der Waals surface area contributed by atoms with Crippen LogP contribution in [0.3, 0.4) is 0 Å². The van der Waals surface area contributed by atoms with Gasteiger partial charge in [-0.2, -0.15) is 0 Å². The zero-order valence-electron chi connectivity index (χ0n) is 28.4. The van der Waals surface area contributed by atoms with E-state index in [4.69, 9.17) is 23.5 Å². The van der Waals surface area contributed by atoms with Crippen LogP contribution in [0.1, 0.15) is 56.2 Å². The summed E-state index contributed by atoms with van der Waals surface area (Å²) in [7, 11) is 3.46. The smallest absolute Gasteiger partial charge is 0.254 e. The maximum absolute atomic E-state index is 14.0. The van der Waals surface area contributed by atoms with Gasteiger partial charge in [-0.15, -0.1) is 23.7 Å². The topological polar surface area (TPSA) is 158 Å². The second-order valence-corrected chi connectivity index (χ2v) is 12.7. The molecule has 0 saturated carbocycles. The Kier molecular flexibility index (Phi) is 15.6. The summed E-state index contributed by atoms with van der Waals surface area (Å²) in [6.45, 7) is 10.6. The minimum Gasteiger partial charge on any atom is -0.496 e. The summed E-state index contributed by atoms with van der Waals surface area (Å²) in [5.74, 6) is -0.395. The van der Waals surface area contributed by atoms with Crippen molar-refractivity contribution in [2.45, 2.75) is 58.2 Å². The number of aliphatic hydroxyl groups is 1. The first-order valence-corrected chi connectivity index (χ1v) is 16.8. The van der Waals surface area contributed by atoms with Gasteiger partial charge in [0.1, 0.15) is 24.3 Å². The van der Waals surface area contributed by atoms with E-state index in [0.29, 0.717) is 37.9 Å². The predicted octanol–water partition coefficient (Wildman–Crippen LogP) is 3.75. The van der Waals surface area contributed by atoms with Crippen molar-refractivity contribution >= 4 is 35.6 Å². The number of likely N-dealkylation sites (tertiary alicyclic amines) is 1. The first kappa shape index (κ1) is 39.2. The number of aliphatic hydroxyl groups excluding tert-OH is 1. The lowest BCUT2D eigenvalue weighted by atomic mass is 9.91. The number of ether oxygens (including phenoxy) is 4. The zero-order chi connectivity index (χ0) is 33.9.